The zero-order valence-corrected chi connectivity index (χ0v) is 9.49. The first-order chi connectivity index (χ1) is 8.24. The van der Waals surface area contributed by atoms with Gasteiger partial charge in [0, 0.05) is 0 Å². The predicted molar refractivity (Wildman–Crippen MR) is 60.8 cm³/mol. The van der Waals surface area contributed by atoms with Crippen LogP contribution in [0.1, 0.15) is 11.3 Å². The predicted octanol–water partition coefficient (Wildman–Crippen LogP) is 1.17. The van der Waals surface area contributed by atoms with Crippen LogP contribution in [0.4, 0.5) is 0 Å². The van der Waals surface area contributed by atoms with Gasteiger partial charge in [0.25, 0.3) is 0 Å². The maximum Gasteiger partial charge on any atom is 0.227 e. The number of aromatic nitrogens is 6. The van der Waals surface area contributed by atoms with Gasteiger partial charge in [0.1, 0.15) is 0 Å². The lowest BCUT2D eigenvalue weighted by Gasteiger charge is -2.04. The summed E-state index contributed by atoms with van der Waals surface area (Å²) >= 11 is 0. The monoisotopic (exact) mass is 226 g/mol. The SMILES string of the molecule is Cc1ccc(-n2nnc3nnc(C)c-3n2)cc1. The molecule has 6 nitrogen and oxygen atoms in total. The van der Waals surface area contributed by atoms with Crippen molar-refractivity contribution in [2.45, 2.75) is 13.8 Å². The normalized spacial score (nSPS) is 10.9. The highest BCUT2D eigenvalue weighted by Gasteiger charge is 2.15. The minimum Gasteiger partial charge on any atom is -0.151 e. The van der Waals surface area contributed by atoms with Crippen LogP contribution in [-0.2, 0) is 0 Å². The van der Waals surface area contributed by atoms with Gasteiger partial charge in [0.15, 0.2) is 5.69 Å². The number of hydrogen-bond donors (Lipinski definition) is 0. The summed E-state index contributed by atoms with van der Waals surface area (Å²) in [5.41, 5.74) is 3.50. The molecule has 1 aromatic carbocycles. The fourth-order valence-corrected chi connectivity index (χ4v) is 1.55. The van der Waals surface area contributed by atoms with E-state index in [1.165, 1.54) is 10.4 Å². The highest BCUT2D eigenvalue weighted by Crippen LogP contribution is 2.16. The molecule has 2 aliphatic rings. The van der Waals surface area contributed by atoms with E-state index in [2.05, 4.69) is 25.6 Å². The molecule has 0 radical (unpaired) electrons. The number of fused-ring (bicyclic) bond motifs is 1. The first kappa shape index (κ1) is 9.83. The van der Waals surface area contributed by atoms with Crippen LogP contribution in [0.5, 0.6) is 0 Å². The third-order valence-corrected chi connectivity index (χ3v) is 2.53. The van der Waals surface area contributed by atoms with Crippen molar-refractivity contribution in [3.63, 3.8) is 0 Å². The fourth-order valence-electron chi connectivity index (χ4n) is 1.55. The zero-order chi connectivity index (χ0) is 11.8. The Morgan fingerprint density at radius 1 is 0.941 bits per heavy atom. The maximum absolute atomic E-state index is 4.35. The standard InChI is InChI=1S/C11H10N6/c1-7-3-5-9(6-4-7)17-15-10-8(2)12-13-11(10)14-16-17/h3-6H,1-2H3. The summed E-state index contributed by atoms with van der Waals surface area (Å²) < 4.78 is 0. The van der Waals surface area contributed by atoms with E-state index in [0.29, 0.717) is 11.5 Å². The first-order valence-electron chi connectivity index (χ1n) is 5.24. The summed E-state index contributed by atoms with van der Waals surface area (Å²) in [6.45, 7) is 3.88. The third kappa shape index (κ3) is 1.63. The maximum atomic E-state index is 4.35. The molecular weight excluding hydrogens is 216 g/mol. The first-order valence-corrected chi connectivity index (χ1v) is 5.24. The highest BCUT2D eigenvalue weighted by molar-refractivity contribution is 5.51. The fraction of sp³-hybridized carbons (Fsp3) is 0.182. The Balaban J connectivity index is 2.15. The summed E-state index contributed by atoms with van der Waals surface area (Å²) in [5.74, 6) is 0.478. The summed E-state index contributed by atoms with van der Waals surface area (Å²) in [6.07, 6.45) is 0. The second-order valence-electron chi connectivity index (χ2n) is 3.87. The molecule has 0 aromatic heterocycles. The Morgan fingerprint density at radius 2 is 1.71 bits per heavy atom. The second kappa shape index (κ2) is 3.58. The molecular formula is C11H10N6. The van der Waals surface area contributed by atoms with E-state index in [0.717, 1.165) is 11.4 Å². The van der Waals surface area contributed by atoms with Crippen LogP contribution in [0.25, 0.3) is 17.2 Å². The van der Waals surface area contributed by atoms with Crippen LogP contribution in [-0.4, -0.2) is 30.4 Å². The average Bonchev–Trinajstić information content (AvgIpc) is 2.72. The molecule has 2 aliphatic heterocycles. The summed E-state index contributed by atoms with van der Waals surface area (Å²) in [5, 5.41) is 20.1. The number of aryl methyl sites for hydroxylation is 2. The molecule has 0 N–H and O–H groups in total. The molecule has 0 saturated heterocycles. The number of benzene rings is 1. The smallest absolute Gasteiger partial charge is 0.151 e. The Kier molecular flexibility index (Phi) is 2.07. The van der Waals surface area contributed by atoms with E-state index in [9.17, 15) is 0 Å². The van der Waals surface area contributed by atoms with Gasteiger partial charge < -0.3 is 0 Å². The van der Waals surface area contributed by atoms with Gasteiger partial charge >= 0.3 is 0 Å². The van der Waals surface area contributed by atoms with Crippen molar-refractivity contribution in [3.8, 4) is 17.2 Å². The molecule has 6 heteroatoms. The van der Waals surface area contributed by atoms with Gasteiger partial charge in [0.2, 0.25) is 5.82 Å². The van der Waals surface area contributed by atoms with E-state index in [1.54, 1.807) is 0 Å². The molecule has 1 aromatic rings. The van der Waals surface area contributed by atoms with E-state index in [-0.39, 0.29) is 0 Å². The van der Waals surface area contributed by atoms with Gasteiger partial charge in [-0.05, 0) is 31.2 Å². The molecule has 0 fully saturated rings. The van der Waals surface area contributed by atoms with Crippen LogP contribution >= 0.6 is 0 Å². The number of hydrogen-bond acceptors (Lipinski definition) is 5. The third-order valence-electron chi connectivity index (χ3n) is 2.53. The van der Waals surface area contributed by atoms with Gasteiger partial charge in [-0.15, -0.1) is 20.1 Å². The molecule has 2 heterocycles. The van der Waals surface area contributed by atoms with Crippen molar-refractivity contribution < 1.29 is 0 Å². The van der Waals surface area contributed by atoms with Crippen molar-refractivity contribution in [1.82, 2.24) is 30.4 Å². The van der Waals surface area contributed by atoms with Gasteiger partial charge in [-0.1, -0.05) is 17.7 Å². The minimum absolute atomic E-state index is 0.478. The largest absolute Gasteiger partial charge is 0.227 e. The average molecular weight is 226 g/mol. The number of rotatable bonds is 1. The molecule has 0 atom stereocenters. The van der Waals surface area contributed by atoms with E-state index in [4.69, 9.17) is 0 Å². The molecule has 0 spiro atoms. The van der Waals surface area contributed by atoms with Crippen LogP contribution in [0.2, 0.25) is 0 Å². The summed E-state index contributed by atoms with van der Waals surface area (Å²) in [6, 6.07) is 7.90. The zero-order valence-electron chi connectivity index (χ0n) is 9.49. The topological polar surface area (TPSA) is 69.4 Å². The van der Waals surface area contributed by atoms with Crippen LogP contribution in [0.15, 0.2) is 24.3 Å². The second-order valence-corrected chi connectivity index (χ2v) is 3.87. The van der Waals surface area contributed by atoms with Crippen molar-refractivity contribution in [2.75, 3.05) is 0 Å². The van der Waals surface area contributed by atoms with Crippen molar-refractivity contribution in [1.29, 1.82) is 0 Å². The molecule has 0 amide bonds. The van der Waals surface area contributed by atoms with Gasteiger partial charge in [0.05, 0.1) is 11.4 Å². The Labute approximate surface area is 97.6 Å². The molecule has 0 bridgehead atoms. The van der Waals surface area contributed by atoms with Gasteiger partial charge in [-0.2, -0.15) is 5.10 Å². The van der Waals surface area contributed by atoms with Crippen molar-refractivity contribution in [2.24, 2.45) is 0 Å². The highest BCUT2D eigenvalue weighted by atomic mass is 15.6. The van der Waals surface area contributed by atoms with E-state index < -0.39 is 0 Å². The molecule has 84 valence electrons. The quantitative estimate of drug-likeness (QED) is 0.623. The van der Waals surface area contributed by atoms with Gasteiger partial charge in [-0.25, -0.2) is 0 Å². The van der Waals surface area contributed by atoms with Crippen LogP contribution < -0.4 is 0 Å². The Hall–Kier alpha value is -2.37. The Bertz CT molecular complexity index is 627. The van der Waals surface area contributed by atoms with Crippen molar-refractivity contribution in [3.05, 3.63) is 35.5 Å². The Morgan fingerprint density at radius 3 is 2.47 bits per heavy atom. The minimum atomic E-state index is 0.478. The lowest BCUT2D eigenvalue weighted by molar-refractivity contribution is 0.636. The molecule has 3 rings (SSSR count). The lowest BCUT2D eigenvalue weighted by atomic mass is 10.2. The number of nitrogens with zero attached hydrogens (tertiary/aromatic N) is 6. The van der Waals surface area contributed by atoms with Crippen LogP contribution in [0.3, 0.4) is 0 Å². The molecule has 0 unspecified atom stereocenters. The van der Waals surface area contributed by atoms with Crippen molar-refractivity contribution >= 4 is 0 Å². The van der Waals surface area contributed by atoms with E-state index in [1.807, 2.05) is 38.1 Å². The van der Waals surface area contributed by atoms with Gasteiger partial charge in [-0.3, -0.25) is 0 Å². The van der Waals surface area contributed by atoms with E-state index >= 15 is 0 Å². The summed E-state index contributed by atoms with van der Waals surface area (Å²) in [4.78, 5) is 1.48. The lowest BCUT2D eigenvalue weighted by Crippen LogP contribution is -2.10. The van der Waals surface area contributed by atoms with Crippen LogP contribution in [0, 0.1) is 13.8 Å². The molecule has 0 aliphatic carbocycles. The molecule has 17 heavy (non-hydrogen) atoms. The molecule has 0 saturated carbocycles. The summed E-state index contributed by atoms with van der Waals surface area (Å²) in [7, 11) is 0.